The number of benzene rings is 1. The second kappa shape index (κ2) is 7.80. The summed E-state index contributed by atoms with van der Waals surface area (Å²) >= 11 is 12.8. The quantitative estimate of drug-likeness (QED) is 0.601. The normalized spacial score (nSPS) is 23.0. The molecule has 5 rings (SSSR count). The summed E-state index contributed by atoms with van der Waals surface area (Å²) in [5.41, 5.74) is 1.97. The Morgan fingerprint density at radius 2 is 1.76 bits per heavy atom. The maximum absolute atomic E-state index is 10.7. The van der Waals surface area contributed by atoms with Crippen molar-refractivity contribution in [1.82, 2.24) is 19.6 Å². The zero-order valence-electron chi connectivity index (χ0n) is 15.9. The zero-order chi connectivity index (χ0) is 20.0. The smallest absolute Gasteiger partial charge is 0.150 e. The van der Waals surface area contributed by atoms with Gasteiger partial charge in [-0.2, -0.15) is 10.2 Å². The fourth-order valence-electron chi connectivity index (χ4n) is 4.13. The third-order valence-electron chi connectivity index (χ3n) is 5.60. The summed E-state index contributed by atoms with van der Waals surface area (Å²) in [5.74, 6) is 0.0353. The molecule has 1 N–H and O–H groups in total. The minimum atomic E-state index is -0.243. The van der Waals surface area contributed by atoms with E-state index >= 15 is 0 Å². The number of fused-ring (bicyclic) bond motifs is 1. The van der Waals surface area contributed by atoms with Gasteiger partial charge in [-0.3, -0.25) is 0 Å². The Hall–Kier alpha value is -1.80. The minimum absolute atomic E-state index is 0.0353. The molecule has 0 amide bonds. The summed E-state index contributed by atoms with van der Waals surface area (Å²) in [6.07, 6.45) is 9.36. The Morgan fingerprint density at radius 1 is 1.03 bits per heavy atom. The van der Waals surface area contributed by atoms with Crippen molar-refractivity contribution >= 4 is 34.1 Å². The summed E-state index contributed by atoms with van der Waals surface area (Å²) in [5, 5.41) is 21.2. The van der Waals surface area contributed by atoms with E-state index in [9.17, 15) is 5.11 Å². The van der Waals surface area contributed by atoms with Crippen molar-refractivity contribution in [3.05, 3.63) is 28.5 Å². The lowest BCUT2D eigenvalue weighted by atomic mass is 10.1. The van der Waals surface area contributed by atoms with Crippen molar-refractivity contribution in [3.63, 3.8) is 0 Å². The third kappa shape index (κ3) is 3.40. The van der Waals surface area contributed by atoms with Crippen LogP contribution in [0.5, 0.6) is 5.75 Å². The maximum Gasteiger partial charge on any atom is 0.150 e. The van der Waals surface area contributed by atoms with Gasteiger partial charge in [-0.25, -0.2) is 9.36 Å². The molecular weight excluding hydrogens is 415 g/mol. The lowest BCUT2D eigenvalue weighted by Crippen LogP contribution is -2.19. The van der Waals surface area contributed by atoms with Gasteiger partial charge in [0.25, 0.3) is 0 Å². The first-order chi connectivity index (χ1) is 14.1. The van der Waals surface area contributed by atoms with E-state index in [4.69, 9.17) is 37.8 Å². The monoisotopic (exact) mass is 436 g/mol. The summed E-state index contributed by atoms with van der Waals surface area (Å²) in [4.78, 5) is 0. The molecule has 2 aliphatic rings. The van der Waals surface area contributed by atoms with Crippen LogP contribution in [0.1, 0.15) is 51.0 Å². The van der Waals surface area contributed by atoms with Crippen LogP contribution in [0.3, 0.4) is 0 Å². The molecule has 2 fully saturated rings. The van der Waals surface area contributed by atoms with Crippen LogP contribution in [-0.2, 0) is 9.47 Å². The van der Waals surface area contributed by atoms with Crippen LogP contribution in [0, 0.1) is 0 Å². The number of rotatable bonds is 3. The average molecular weight is 437 g/mol. The molecule has 4 heterocycles. The second-order valence-corrected chi connectivity index (χ2v) is 8.34. The van der Waals surface area contributed by atoms with Gasteiger partial charge < -0.3 is 14.6 Å². The number of aromatic nitrogens is 4. The van der Waals surface area contributed by atoms with Gasteiger partial charge in [0.2, 0.25) is 0 Å². The van der Waals surface area contributed by atoms with Gasteiger partial charge in [0, 0.05) is 31.0 Å². The number of halogens is 2. The van der Waals surface area contributed by atoms with E-state index < -0.39 is 0 Å². The molecule has 9 heteroatoms. The highest BCUT2D eigenvalue weighted by molar-refractivity contribution is 6.45. The van der Waals surface area contributed by atoms with Crippen LogP contribution >= 0.6 is 23.2 Å². The fraction of sp³-hybridized carbons (Fsp3) is 0.500. The van der Waals surface area contributed by atoms with E-state index in [-0.39, 0.29) is 23.2 Å². The predicted octanol–water partition coefficient (Wildman–Crippen LogP) is 5.31. The summed E-state index contributed by atoms with van der Waals surface area (Å²) in [7, 11) is 0. The third-order valence-corrected chi connectivity index (χ3v) is 6.38. The number of ether oxygens (including phenoxy) is 2. The fourth-order valence-corrected chi connectivity index (χ4v) is 4.56. The molecule has 0 bridgehead atoms. The van der Waals surface area contributed by atoms with Crippen LogP contribution in [-0.4, -0.2) is 37.9 Å². The van der Waals surface area contributed by atoms with E-state index in [2.05, 4.69) is 5.10 Å². The lowest BCUT2D eigenvalue weighted by Gasteiger charge is -2.23. The van der Waals surface area contributed by atoms with E-state index in [0.29, 0.717) is 28.2 Å². The van der Waals surface area contributed by atoms with Crippen LogP contribution in [0.25, 0.3) is 22.2 Å². The van der Waals surface area contributed by atoms with E-state index in [0.717, 1.165) is 50.7 Å². The van der Waals surface area contributed by atoms with Crippen LogP contribution in [0.4, 0.5) is 0 Å². The van der Waals surface area contributed by atoms with Gasteiger partial charge in [0.05, 0.1) is 27.1 Å². The first-order valence-corrected chi connectivity index (χ1v) is 10.8. The van der Waals surface area contributed by atoms with Crippen molar-refractivity contribution in [1.29, 1.82) is 0 Å². The maximum atomic E-state index is 10.7. The Bertz CT molecular complexity index is 1040. The molecule has 0 saturated carbocycles. The van der Waals surface area contributed by atoms with Gasteiger partial charge >= 0.3 is 0 Å². The van der Waals surface area contributed by atoms with E-state index in [1.54, 1.807) is 10.9 Å². The highest BCUT2D eigenvalue weighted by Gasteiger charge is 2.27. The largest absolute Gasteiger partial charge is 0.507 e. The van der Waals surface area contributed by atoms with Crippen molar-refractivity contribution in [2.45, 2.75) is 51.0 Å². The summed E-state index contributed by atoms with van der Waals surface area (Å²) < 4.78 is 15.3. The molecule has 0 radical (unpaired) electrons. The Labute approximate surface area is 178 Å². The van der Waals surface area contributed by atoms with Crippen molar-refractivity contribution in [2.75, 3.05) is 13.2 Å². The molecule has 0 spiro atoms. The number of hydrogen-bond donors (Lipinski definition) is 1. The van der Waals surface area contributed by atoms with Crippen LogP contribution < -0.4 is 0 Å². The SMILES string of the molecule is Oc1cc(Cl)c(Cl)c2c1c(-c1cnn(C3CCCCO3)c1)nn2C1CCCCO1. The molecule has 2 aliphatic heterocycles. The van der Waals surface area contributed by atoms with Crippen LogP contribution in [0.15, 0.2) is 18.5 Å². The highest BCUT2D eigenvalue weighted by Crippen LogP contribution is 2.44. The van der Waals surface area contributed by atoms with E-state index in [1.807, 2.05) is 10.9 Å². The Kier molecular flexibility index (Phi) is 5.16. The first kappa shape index (κ1) is 19.2. The molecule has 7 nitrogen and oxygen atoms in total. The van der Waals surface area contributed by atoms with Gasteiger partial charge in [-0.1, -0.05) is 23.2 Å². The van der Waals surface area contributed by atoms with Gasteiger partial charge in [0.1, 0.15) is 17.7 Å². The topological polar surface area (TPSA) is 74.3 Å². The van der Waals surface area contributed by atoms with E-state index in [1.165, 1.54) is 6.07 Å². The molecule has 2 aromatic heterocycles. The number of nitrogens with zero attached hydrogens (tertiary/aromatic N) is 4. The predicted molar refractivity (Wildman–Crippen MR) is 110 cm³/mol. The first-order valence-electron chi connectivity index (χ1n) is 10.0. The summed E-state index contributed by atoms with van der Waals surface area (Å²) in [6.45, 7) is 1.41. The molecule has 2 atom stereocenters. The molecule has 3 aromatic rings. The standard InChI is InChI=1S/C20H22Cl2N4O3/c21-13-9-14(27)17-19(12-10-23-25(11-12)15-5-1-3-7-28-15)24-26(20(17)18(13)22)16-6-2-4-8-29-16/h9-11,15-16,27H,1-8H2. The lowest BCUT2D eigenvalue weighted by molar-refractivity contribution is -0.0394. The van der Waals surface area contributed by atoms with Crippen molar-refractivity contribution in [2.24, 2.45) is 0 Å². The zero-order valence-corrected chi connectivity index (χ0v) is 17.4. The van der Waals surface area contributed by atoms with Gasteiger partial charge in [-0.05, 0) is 38.5 Å². The summed E-state index contributed by atoms with van der Waals surface area (Å²) in [6, 6.07) is 1.46. The molecule has 29 heavy (non-hydrogen) atoms. The van der Waals surface area contributed by atoms with Crippen molar-refractivity contribution in [3.8, 4) is 17.0 Å². The number of aromatic hydroxyl groups is 1. The molecule has 2 saturated heterocycles. The molecule has 154 valence electrons. The molecule has 2 unspecified atom stereocenters. The average Bonchev–Trinajstić information content (AvgIpc) is 3.39. The van der Waals surface area contributed by atoms with Gasteiger partial charge in [0.15, 0.2) is 6.23 Å². The minimum Gasteiger partial charge on any atom is -0.507 e. The number of phenolic OH excluding ortho intramolecular Hbond substituents is 1. The second-order valence-electron chi connectivity index (χ2n) is 7.56. The molecule has 0 aliphatic carbocycles. The van der Waals surface area contributed by atoms with Gasteiger partial charge in [-0.15, -0.1) is 0 Å². The molecular formula is C20H22Cl2N4O3. The Morgan fingerprint density at radius 3 is 2.45 bits per heavy atom. The van der Waals surface area contributed by atoms with Crippen molar-refractivity contribution < 1.29 is 14.6 Å². The molecule has 1 aromatic carbocycles. The van der Waals surface area contributed by atoms with Crippen LogP contribution in [0.2, 0.25) is 10.0 Å². The number of phenols is 1. The highest BCUT2D eigenvalue weighted by atomic mass is 35.5. The number of hydrogen-bond acceptors (Lipinski definition) is 5. The Balaban J connectivity index is 1.64.